The Labute approximate surface area is 156 Å². The number of rotatable bonds is 5. The fourth-order valence-corrected chi connectivity index (χ4v) is 3.73. The van der Waals surface area contributed by atoms with E-state index in [0.29, 0.717) is 22.7 Å². The highest BCUT2D eigenvalue weighted by Crippen LogP contribution is 2.20. The molecule has 0 aliphatic rings. The lowest BCUT2D eigenvalue weighted by Gasteiger charge is -2.11. The van der Waals surface area contributed by atoms with Gasteiger partial charge in [-0.3, -0.25) is 14.2 Å². The molecular weight excluding hydrogens is 348 g/mol. The van der Waals surface area contributed by atoms with Gasteiger partial charge in [0.05, 0.1) is 11.3 Å². The molecule has 0 radical (unpaired) electrons. The fourth-order valence-electron chi connectivity index (χ4n) is 2.87. The first-order valence-electron chi connectivity index (χ1n) is 8.49. The van der Waals surface area contributed by atoms with E-state index in [1.165, 1.54) is 11.8 Å². The molecule has 0 saturated heterocycles. The summed E-state index contributed by atoms with van der Waals surface area (Å²) in [6, 6.07) is 7.74. The molecule has 0 atom stereocenters. The maximum absolute atomic E-state index is 12.6. The largest absolute Gasteiger partial charge is 0.353 e. The number of hydrogen-bond acceptors (Lipinski definition) is 4. The van der Waals surface area contributed by atoms with Crippen molar-refractivity contribution in [3.8, 4) is 0 Å². The van der Waals surface area contributed by atoms with Crippen LogP contribution < -0.4 is 10.9 Å². The Kier molecular flexibility index (Phi) is 5.18. The number of H-pyrrole nitrogens is 1. The van der Waals surface area contributed by atoms with E-state index in [9.17, 15) is 9.59 Å². The van der Waals surface area contributed by atoms with Crippen molar-refractivity contribution >= 4 is 34.4 Å². The van der Waals surface area contributed by atoms with Crippen molar-refractivity contribution in [2.45, 2.75) is 39.4 Å². The topological polar surface area (TPSA) is 79.8 Å². The van der Waals surface area contributed by atoms with Crippen molar-refractivity contribution < 1.29 is 4.79 Å². The molecule has 0 spiro atoms. The standard InChI is InChI=1S/C19H22N4O2S/c1-5-23-18(25)17-15(9-13(4)20-17)22-19(23)26-10-16(24)21-14-7-6-11(2)8-12(14)3/h6-9,20H,5,10H2,1-4H3,(H,21,24). The summed E-state index contributed by atoms with van der Waals surface area (Å²) in [5, 5.41) is 3.48. The molecule has 3 aromatic rings. The molecule has 136 valence electrons. The number of aryl methyl sites for hydroxylation is 3. The quantitative estimate of drug-likeness (QED) is 0.533. The Hall–Kier alpha value is -2.54. The van der Waals surface area contributed by atoms with Crippen LogP contribution in [0.3, 0.4) is 0 Å². The van der Waals surface area contributed by atoms with Crippen LogP contribution >= 0.6 is 11.8 Å². The molecule has 0 fully saturated rings. The molecule has 0 aliphatic carbocycles. The smallest absolute Gasteiger partial charge is 0.278 e. The van der Waals surface area contributed by atoms with Crippen molar-refractivity contribution in [1.29, 1.82) is 0 Å². The monoisotopic (exact) mass is 370 g/mol. The number of carbonyl (C=O) groups is 1. The number of nitrogens with one attached hydrogen (secondary N) is 2. The molecule has 0 bridgehead atoms. The SMILES string of the molecule is CCn1c(SCC(=O)Nc2ccc(C)cc2C)nc2cc(C)[nH]c2c1=O. The van der Waals surface area contributed by atoms with E-state index in [1.807, 2.05) is 52.0 Å². The van der Waals surface area contributed by atoms with Crippen LogP contribution in [-0.4, -0.2) is 26.2 Å². The summed E-state index contributed by atoms with van der Waals surface area (Å²) in [6.45, 7) is 8.27. The number of thioether (sulfide) groups is 1. The van der Waals surface area contributed by atoms with Gasteiger partial charge < -0.3 is 10.3 Å². The van der Waals surface area contributed by atoms with Gasteiger partial charge in [0.2, 0.25) is 5.91 Å². The van der Waals surface area contributed by atoms with Crippen LogP contribution in [0.15, 0.2) is 34.2 Å². The highest BCUT2D eigenvalue weighted by molar-refractivity contribution is 7.99. The molecule has 1 aromatic carbocycles. The van der Waals surface area contributed by atoms with Gasteiger partial charge in [0, 0.05) is 17.9 Å². The number of aromatic amines is 1. The number of nitrogens with zero attached hydrogens (tertiary/aromatic N) is 2. The van der Waals surface area contributed by atoms with Crippen molar-refractivity contribution in [1.82, 2.24) is 14.5 Å². The number of fused-ring (bicyclic) bond motifs is 1. The number of carbonyl (C=O) groups excluding carboxylic acids is 1. The third kappa shape index (κ3) is 3.67. The first kappa shape index (κ1) is 18.3. The number of benzene rings is 1. The van der Waals surface area contributed by atoms with Gasteiger partial charge in [-0.25, -0.2) is 4.98 Å². The Balaban J connectivity index is 1.78. The minimum Gasteiger partial charge on any atom is -0.353 e. The first-order chi connectivity index (χ1) is 12.4. The van der Waals surface area contributed by atoms with E-state index >= 15 is 0 Å². The van der Waals surface area contributed by atoms with E-state index in [-0.39, 0.29) is 17.2 Å². The molecule has 26 heavy (non-hydrogen) atoms. The van der Waals surface area contributed by atoms with Gasteiger partial charge >= 0.3 is 0 Å². The minimum absolute atomic E-state index is 0.108. The Bertz CT molecular complexity index is 1040. The number of amides is 1. The molecule has 2 aromatic heterocycles. The molecule has 0 unspecified atom stereocenters. The molecule has 7 heteroatoms. The van der Waals surface area contributed by atoms with Crippen molar-refractivity contribution in [3.63, 3.8) is 0 Å². The average Bonchev–Trinajstić information content (AvgIpc) is 2.96. The van der Waals surface area contributed by atoms with Gasteiger partial charge in [-0.2, -0.15) is 0 Å². The second-order valence-corrected chi connectivity index (χ2v) is 7.25. The third-order valence-corrected chi connectivity index (χ3v) is 5.12. The van der Waals surface area contributed by atoms with Gasteiger partial charge in [0.1, 0.15) is 5.52 Å². The van der Waals surface area contributed by atoms with Gasteiger partial charge in [-0.1, -0.05) is 29.5 Å². The predicted octanol–water partition coefficient (Wildman–Crippen LogP) is 3.40. The zero-order chi connectivity index (χ0) is 18.8. The van der Waals surface area contributed by atoms with Crippen molar-refractivity contribution in [2.75, 3.05) is 11.1 Å². The van der Waals surface area contributed by atoms with Crippen LogP contribution in [0.25, 0.3) is 11.0 Å². The van der Waals surface area contributed by atoms with Crippen LogP contribution in [0.2, 0.25) is 0 Å². The Morgan fingerprint density at radius 1 is 1.27 bits per heavy atom. The molecule has 0 saturated carbocycles. The third-order valence-electron chi connectivity index (χ3n) is 4.14. The van der Waals surface area contributed by atoms with Gasteiger partial charge in [-0.05, 0) is 45.4 Å². The zero-order valence-corrected chi connectivity index (χ0v) is 16.2. The van der Waals surface area contributed by atoms with Crippen LogP contribution in [0.4, 0.5) is 5.69 Å². The number of anilines is 1. The molecule has 6 nitrogen and oxygen atoms in total. The van der Waals surface area contributed by atoms with E-state index < -0.39 is 0 Å². The fraction of sp³-hybridized carbons (Fsp3) is 0.316. The molecule has 1 amide bonds. The predicted molar refractivity (Wildman–Crippen MR) is 106 cm³/mol. The van der Waals surface area contributed by atoms with Crippen LogP contribution in [-0.2, 0) is 11.3 Å². The van der Waals surface area contributed by atoms with Crippen molar-refractivity contribution in [2.24, 2.45) is 0 Å². The van der Waals surface area contributed by atoms with E-state index in [0.717, 1.165) is 22.5 Å². The summed E-state index contributed by atoms with van der Waals surface area (Å²) in [5.41, 5.74) is 4.91. The first-order valence-corrected chi connectivity index (χ1v) is 9.47. The summed E-state index contributed by atoms with van der Waals surface area (Å²) < 4.78 is 1.59. The van der Waals surface area contributed by atoms with E-state index in [1.54, 1.807) is 4.57 Å². The summed E-state index contributed by atoms with van der Waals surface area (Å²) in [4.78, 5) is 32.5. The summed E-state index contributed by atoms with van der Waals surface area (Å²) >= 11 is 1.27. The Morgan fingerprint density at radius 2 is 2.04 bits per heavy atom. The second-order valence-electron chi connectivity index (χ2n) is 6.31. The van der Waals surface area contributed by atoms with Gasteiger partial charge in [0.15, 0.2) is 5.16 Å². The summed E-state index contributed by atoms with van der Waals surface area (Å²) in [5.74, 6) is 0.0680. The summed E-state index contributed by atoms with van der Waals surface area (Å²) in [6.07, 6.45) is 0. The zero-order valence-electron chi connectivity index (χ0n) is 15.3. The van der Waals surface area contributed by atoms with Crippen LogP contribution in [0, 0.1) is 20.8 Å². The van der Waals surface area contributed by atoms with Gasteiger partial charge in [0.25, 0.3) is 5.56 Å². The summed E-state index contributed by atoms with van der Waals surface area (Å²) in [7, 11) is 0. The molecular formula is C19H22N4O2S. The van der Waals surface area contributed by atoms with Crippen LogP contribution in [0.1, 0.15) is 23.7 Å². The Morgan fingerprint density at radius 3 is 2.73 bits per heavy atom. The van der Waals surface area contributed by atoms with Gasteiger partial charge in [-0.15, -0.1) is 0 Å². The molecule has 3 rings (SSSR count). The number of aromatic nitrogens is 3. The van der Waals surface area contributed by atoms with E-state index in [2.05, 4.69) is 15.3 Å². The molecule has 2 heterocycles. The molecule has 0 aliphatic heterocycles. The lowest BCUT2D eigenvalue weighted by atomic mass is 10.1. The lowest BCUT2D eigenvalue weighted by Crippen LogP contribution is -2.23. The maximum atomic E-state index is 12.6. The van der Waals surface area contributed by atoms with Crippen LogP contribution in [0.5, 0.6) is 0 Å². The average molecular weight is 370 g/mol. The maximum Gasteiger partial charge on any atom is 0.278 e. The highest BCUT2D eigenvalue weighted by atomic mass is 32.2. The normalized spacial score (nSPS) is 11.1. The number of hydrogen-bond donors (Lipinski definition) is 2. The van der Waals surface area contributed by atoms with Crippen molar-refractivity contribution in [3.05, 3.63) is 51.4 Å². The second kappa shape index (κ2) is 7.37. The molecule has 2 N–H and O–H groups in total. The van der Waals surface area contributed by atoms with E-state index in [4.69, 9.17) is 0 Å². The minimum atomic E-state index is -0.121. The highest BCUT2D eigenvalue weighted by Gasteiger charge is 2.14. The lowest BCUT2D eigenvalue weighted by molar-refractivity contribution is -0.113.